The molecular formula is C40H58N8O2. The van der Waals surface area contributed by atoms with Crippen molar-refractivity contribution in [3.05, 3.63) is 47.5 Å². The van der Waals surface area contributed by atoms with Crippen molar-refractivity contribution in [3.63, 3.8) is 0 Å². The van der Waals surface area contributed by atoms with E-state index in [0.29, 0.717) is 49.0 Å². The number of carbonyl (C=O) groups excluding carboxylic acids is 2. The van der Waals surface area contributed by atoms with Crippen LogP contribution in [0.25, 0.3) is 0 Å². The number of piperidine rings is 2. The Morgan fingerprint density at radius 3 is 2.40 bits per heavy atom. The topological polar surface area (TPSA) is 89.8 Å². The van der Waals surface area contributed by atoms with E-state index in [-0.39, 0.29) is 23.8 Å². The van der Waals surface area contributed by atoms with Crippen LogP contribution < -0.4 is 5.32 Å². The van der Waals surface area contributed by atoms with Crippen LogP contribution >= 0.6 is 0 Å². The van der Waals surface area contributed by atoms with Crippen molar-refractivity contribution < 1.29 is 9.59 Å². The Morgan fingerprint density at radius 1 is 0.960 bits per heavy atom. The van der Waals surface area contributed by atoms with Crippen LogP contribution in [0.5, 0.6) is 0 Å². The second-order valence-corrected chi connectivity index (χ2v) is 16.0. The molecule has 3 saturated heterocycles. The molecule has 5 aliphatic rings. The first-order valence-corrected chi connectivity index (χ1v) is 19.5. The summed E-state index contributed by atoms with van der Waals surface area (Å²) in [5.41, 5.74) is 1.53. The molecule has 4 heterocycles. The molecule has 2 amide bonds. The lowest BCUT2D eigenvalue weighted by molar-refractivity contribution is -0.295. The predicted molar refractivity (Wildman–Crippen MR) is 195 cm³/mol. The molecule has 1 N–H and O–H groups in total. The SMILES string of the molecule is C#CCCCCN1CCN(CCC(=O)N2CC[C@@H](C(=O)N[C@@H](CCN3C4CCC45C3CC5n3c(C)nnc3C(C)C)c3ccccc3)C2)CC1. The first-order valence-electron chi connectivity index (χ1n) is 19.5. The van der Waals surface area contributed by atoms with Crippen LogP contribution in [0, 0.1) is 30.6 Å². The van der Waals surface area contributed by atoms with E-state index in [2.05, 4.69) is 85.7 Å². The minimum atomic E-state index is -0.152. The Balaban J connectivity index is 0.880. The first-order chi connectivity index (χ1) is 24.3. The van der Waals surface area contributed by atoms with Crippen molar-refractivity contribution in [1.82, 2.24) is 39.7 Å². The Labute approximate surface area is 299 Å². The number of carbonyl (C=O) groups is 2. The molecule has 2 aromatic rings. The van der Waals surface area contributed by atoms with Crippen LogP contribution in [0.3, 0.4) is 0 Å². The summed E-state index contributed by atoms with van der Waals surface area (Å²) in [5.74, 6) is 5.38. The van der Waals surface area contributed by atoms with Gasteiger partial charge >= 0.3 is 0 Å². The lowest BCUT2D eigenvalue weighted by Crippen LogP contribution is -2.85. The number of hydrogen-bond donors (Lipinski definition) is 1. The third-order valence-corrected chi connectivity index (χ3v) is 12.9. The number of nitrogens with one attached hydrogen (secondary N) is 1. The van der Waals surface area contributed by atoms with Gasteiger partial charge in [-0.15, -0.1) is 22.5 Å². The summed E-state index contributed by atoms with van der Waals surface area (Å²) in [6.07, 6.45) is 14.3. The Kier molecular flexibility index (Phi) is 10.7. The maximum Gasteiger partial charge on any atom is 0.225 e. The van der Waals surface area contributed by atoms with E-state index in [1.165, 1.54) is 12.8 Å². The molecule has 1 aromatic carbocycles. The minimum absolute atomic E-state index is 0.0389. The average Bonchev–Trinajstić information content (AvgIpc) is 3.75. The van der Waals surface area contributed by atoms with Gasteiger partial charge in [-0.3, -0.25) is 14.5 Å². The molecule has 0 bridgehead atoms. The number of amides is 2. The lowest BCUT2D eigenvalue weighted by Gasteiger charge is -2.80. The average molecular weight is 683 g/mol. The quantitative estimate of drug-likeness (QED) is 0.220. The van der Waals surface area contributed by atoms with Crippen molar-refractivity contribution in [2.75, 3.05) is 58.9 Å². The normalized spacial score (nSPS) is 28.6. The molecule has 4 unspecified atom stereocenters. The largest absolute Gasteiger partial charge is 0.349 e. The number of benzene rings is 1. The van der Waals surface area contributed by atoms with E-state index in [1.807, 2.05) is 11.0 Å². The fourth-order valence-electron chi connectivity index (χ4n) is 9.96. The first kappa shape index (κ1) is 35.2. The predicted octanol–water partition coefficient (Wildman–Crippen LogP) is 4.40. The van der Waals surface area contributed by atoms with Crippen molar-refractivity contribution in [2.24, 2.45) is 11.3 Å². The molecule has 50 heavy (non-hydrogen) atoms. The van der Waals surface area contributed by atoms with Crippen molar-refractivity contribution in [1.29, 1.82) is 0 Å². The molecule has 1 aromatic heterocycles. The number of likely N-dealkylation sites (tertiary alicyclic amines) is 2. The summed E-state index contributed by atoms with van der Waals surface area (Å²) < 4.78 is 2.46. The number of terminal acetylenes is 1. The molecule has 7 rings (SSSR count). The Morgan fingerprint density at radius 2 is 1.72 bits per heavy atom. The van der Waals surface area contributed by atoms with Crippen LogP contribution in [-0.2, 0) is 9.59 Å². The number of nitrogens with zero attached hydrogens (tertiary/aromatic N) is 7. The highest BCUT2D eigenvalue weighted by Crippen LogP contribution is 2.73. The lowest BCUT2D eigenvalue weighted by atomic mass is 9.40. The summed E-state index contributed by atoms with van der Waals surface area (Å²) in [6, 6.07) is 12.1. The van der Waals surface area contributed by atoms with Crippen LogP contribution in [0.1, 0.15) is 107 Å². The number of aryl methyl sites for hydroxylation is 1. The van der Waals surface area contributed by atoms with Gasteiger partial charge in [0.2, 0.25) is 11.8 Å². The summed E-state index contributed by atoms with van der Waals surface area (Å²) in [5, 5.41) is 12.5. The Bertz CT molecular complexity index is 1520. The van der Waals surface area contributed by atoms with Crippen molar-refractivity contribution >= 4 is 11.8 Å². The highest BCUT2D eigenvalue weighted by molar-refractivity contribution is 5.82. The van der Waals surface area contributed by atoms with E-state index in [4.69, 9.17) is 6.42 Å². The van der Waals surface area contributed by atoms with Crippen LogP contribution in [0.15, 0.2) is 30.3 Å². The van der Waals surface area contributed by atoms with Crippen LogP contribution in [0.2, 0.25) is 0 Å². The van der Waals surface area contributed by atoms with Crippen LogP contribution in [-0.4, -0.2) is 117 Å². The summed E-state index contributed by atoms with van der Waals surface area (Å²) >= 11 is 0. The number of piperazine rings is 1. The van der Waals surface area contributed by atoms with Gasteiger partial charge in [-0.25, -0.2) is 0 Å². The molecule has 10 nitrogen and oxygen atoms in total. The van der Waals surface area contributed by atoms with Gasteiger partial charge in [0.25, 0.3) is 0 Å². The van der Waals surface area contributed by atoms with Crippen molar-refractivity contribution in [2.45, 2.75) is 109 Å². The molecule has 0 radical (unpaired) electrons. The third-order valence-electron chi connectivity index (χ3n) is 12.9. The Hall–Kier alpha value is -3.26. The molecule has 5 fully saturated rings. The van der Waals surface area contributed by atoms with Gasteiger partial charge in [-0.1, -0.05) is 44.2 Å². The van der Waals surface area contributed by atoms with E-state index in [0.717, 1.165) is 102 Å². The van der Waals surface area contributed by atoms with E-state index < -0.39 is 0 Å². The van der Waals surface area contributed by atoms with Gasteiger partial charge in [0.1, 0.15) is 11.6 Å². The standard InChI is InChI=1S/C40H58N8O2/c1-5-6-7-11-19-44-23-25-45(26-24-44)20-17-37(49)46-21-15-32(28-46)39(50)41-33(31-12-9-8-10-13-31)16-22-47-34-14-18-40(34)35(47)27-36(40)48-30(4)42-43-38(48)29(2)3/h1,8-10,12-13,29,32-36H,6-7,11,14-28H2,2-4H3,(H,41,50)/t32-,33+,34?,35?,36?,40?/m1/s1. The molecular weight excluding hydrogens is 624 g/mol. The molecule has 270 valence electrons. The highest BCUT2D eigenvalue weighted by atomic mass is 16.2. The molecule has 1 spiro atoms. The van der Waals surface area contributed by atoms with Gasteiger partial charge < -0.3 is 24.6 Å². The fraction of sp³-hybridized carbons (Fsp3) is 0.700. The fourth-order valence-corrected chi connectivity index (χ4v) is 9.96. The maximum atomic E-state index is 13.7. The summed E-state index contributed by atoms with van der Waals surface area (Å²) in [7, 11) is 0. The van der Waals surface area contributed by atoms with E-state index in [1.54, 1.807) is 0 Å². The van der Waals surface area contributed by atoms with Gasteiger partial charge in [-0.05, 0) is 64.0 Å². The van der Waals surface area contributed by atoms with E-state index in [9.17, 15) is 9.59 Å². The van der Waals surface area contributed by atoms with Crippen LogP contribution in [0.4, 0.5) is 0 Å². The second kappa shape index (κ2) is 15.1. The smallest absolute Gasteiger partial charge is 0.225 e. The molecule has 2 aliphatic carbocycles. The van der Waals surface area contributed by atoms with Gasteiger partial charge in [0.15, 0.2) is 0 Å². The number of rotatable bonds is 15. The van der Waals surface area contributed by atoms with Gasteiger partial charge in [0.05, 0.1) is 12.0 Å². The zero-order chi connectivity index (χ0) is 34.8. The van der Waals surface area contributed by atoms with Gasteiger partial charge in [-0.2, -0.15) is 0 Å². The second-order valence-electron chi connectivity index (χ2n) is 16.0. The third kappa shape index (κ3) is 6.73. The minimum Gasteiger partial charge on any atom is -0.349 e. The van der Waals surface area contributed by atoms with Crippen molar-refractivity contribution in [3.8, 4) is 12.3 Å². The zero-order valence-corrected chi connectivity index (χ0v) is 30.6. The zero-order valence-electron chi connectivity index (χ0n) is 30.6. The monoisotopic (exact) mass is 682 g/mol. The van der Waals surface area contributed by atoms with Gasteiger partial charge in [0, 0.05) is 94.7 Å². The summed E-state index contributed by atoms with van der Waals surface area (Å²) in [4.78, 5) is 36.5. The maximum absolute atomic E-state index is 13.7. The van der Waals surface area contributed by atoms with E-state index >= 15 is 0 Å². The number of unbranched alkanes of at least 4 members (excludes halogenated alkanes) is 2. The number of hydrogen-bond acceptors (Lipinski definition) is 7. The molecule has 3 aliphatic heterocycles. The molecule has 6 atom stereocenters. The number of aromatic nitrogens is 3. The molecule has 2 saturated carbocycles. The molecule has 10 heteroatoms. The highest BCUT2D eigenvalue weighted by Gasteiger charge is 2.75. The summed E-state index contributed by atoms with van der Waals surface area (Å²) in [6.45, 7) is 14.8.